The van der Waals surface area contributed by atoms with E-state index in [1.807, 2.05) is 0 Å². The van der Waals surface area contributed by atoms with Crippen molar-refractivity contribution in [1.82, 2.24) is 5.32 Å². The number of hydrogen-bond donors (Lipinski definition) is 2. The minimum absolute atomic E-state index is 0.0512. The van der Waals surface area contributed by atoms with Crippen LogP contribution in [0.5, 0.6) is 0 Å². The van der Waals surface area contributed by atoms with Crippen LogP contribution in [0.1, 0.15) is 32.6 Å². The summed E-state index contributed by atoms with van der Waals surface area (Å²) in [6.45, 7) is 1.39. The highest BCUT2D eigenvalue weighted by Crippen LogP contribution is 2.28. The lowest BCUT2D eigenvalue weighted by Gasteiger charge is -2.23. The van der Waals surface area contributed by atoms with E-state index in [0.717, 1.165) is 25.7 Å². The molecule has 0 bridgehead atoms. The Labute approximate surface area is 128 Å². The van der Waals surface area contributed by atoms with E-state index in [2.05, 4.69) is 10.6 Å². The third-order valence-corrected chi connectivity index (χ3v) is 3.99. The molecule has 0 saturated heterocycles. The molecule has 1 atom stereocenters. The molecule has 2 rings (SSSR count). The van der Waals surface area contributed by atoms with Gasteiger partial charge in [-0.05, 0) is 37.0 Å². The van der Waals surface area contributed by atoms with E-state index in [4.69, 9.17) is 11.6 Å². The number of nitrogens with one attached hydrogen (secondary N) is 2. The SMILES string of the molecule is CC(=O)NC(C(=O)Nc1ccc(F)c(Cl)c1)C1CCCC1. The minimum Gasteiger partial charge on any atom is -0.344 e. The maximum atomic E-state index is 13.1. The number of halogens is 2. The first kappa shape index (κ1) is 15.8. The molecule has 1 unspecified atom stereocenters. The molecule has 1 aliphatic carbocycles. The van der Waals surface area contributed by atoms with Gasteiger partial charge in [-0.3, -0.25) is 9.59 Å². The molecule has 0 heterocycles. The normalized spacial score (nSPS) is 16.5. The predicted molar refractivity (Wildman–Crippen MR) is 79.6 cm³/mol. The molecule has 1 aromatic carbocycles. The summed E-state index contributed by atoms with van der Waals surface area (Å²) in [5.74, 6) is -0.923. The van der Waals surface area contributed by atoms with Crippen LogP contribution in [0.2, 0.25) is 5.02 Å². The van der Waals surface area contributed by atoms with E-state index in [1.54, 1.807) is 0 Å². The summed E-state index contributed by atoms with van der Waals surface area (Å²) in [7, 11) is 0. The van der Waals surface area contributed by atoms with E-state index in [1.165, 1.54) is 25.1 Å². The molecule has 4 nitrogen and oxygen atoms in total. The molecule has 1 saturated carbocycles. The third-order valence-electron chi connectivity index (χ3n) is 3.70. The standard InChI is InChI=1S/C15H18ClFN2O2/c1-9(20)18-14(10-4-2-3-5-10)15(21)19-11-6-7-13(17)12(16)8-11/h6-8,10,14H,2-5H2,1H3,(H,18,20)(H,19,21). The van der Waals surface area contributed by atoms with Crippen LogP contribution in [0.25, 0.3) is 0 Å². The Morgan fingerprint density at radius 2 is 2.00 bits per heavy atom. The second-order valence-electron chi connectivity index (χ2n) is 5.34. The van der Waals surface area contributed by atoms with Crippen molar-refractivity contribution in [2.45, 2.75) is 38.6 Å². The van der Waals surface area contributed by atoms with E-state index in [-0.39, 0.29) is 22.8 Å². The molecule has 0 aromatic heterocycles. The number of hydrogen-bond acceptors (Lipinski definition) is 2. The topological polar surface area (TPSA) is 58.2 Å². The van der Waals surface area contributed by atoms with Crippen LogP contribution in [-0.2, 0) is 9.59 Å². The molecule has 6 heteroatoms. The Kier molecular flexibility index (Phi) is 5.17. The lowest BCUT2D eigenvalue weighted by molar-refractivity contribution is -0.126. The average molecular weight is 313 g/mol. The predicted octanol–water partition coefficient (Wildman–Crippen LogP) is 3.11. The Morgan fingerprint density at radius 3 is 2.57 bits per heavy atom. The number of carbonyl (C=O) groups is 2. The minimum atomic E-state index is -0.561. The average Bonchev–Trinajstić information content (AvgIpc) is 2.93. The van der Waals surface area contributed by atoms with Gasteiger partial charge in [0.2, 0.25) is 11.8 Å². The van der Waals surface area contributed by atoms with Gasteiger partial charge in [-0.1, -0.05) is 24.4 Å². The van der Waals surface area contributed by atoms with Crippen LogP contribution in [0.3, 0.4) is 0 Å². The fourth-order valence-electron chi connectivity index (χ4n) is 2.70. The first-order chi connectivity index (χ1) is 9.97. The van der Waals surface area contributed by atoms with E-state index in [9.17, 15) is 14.0 Å². The molecule has 21 heavy (non-hydrogen) atoms. The molecule has 1 aliphatic rings. The number of carbonyl (C=O) groups excluding carboxylic acids is 2. The van der Waals surface area contributed by atoms with Crippen LogP contribution in [0.4, 0.5) is 10.1 Å². The molecule has 2 N–H and O–H groups in total. The molecule has 1 fully saturated rings. The zero-order valence-electron chi connectivity index (χ0n) is 11.8. The van der Waals surface area contributed by atoms with Gasteiger partial charge in [0.1, 0.15) is 11.9 Å². The summed E-state index contributed by atoms with van der Waals surface area (Å²) in [5, 5.41) is 5.35. The monoisotopic (exact) mass is 312 g/mol. The van der Waals surface area contributed by atoms with Gasteiger partial charge in [-0.25, -0.2) is 4.39 Å². The van der Waals surface area contributed by atoms with Gasteiger partial charge >= 0.3 is 0 Å². The van der Waals surface area contributed by atoms with Crippen LogP contribution in [0.15, 0.2) is 18.2 Å². The highest BCUT2D eigenvalue weighted by molar-refractivity contribution is 6.31. The summed E-state index contributed by atoms with van der Waals surface area (Å²) < 4.78 is 13.1. The summed E-state index contributed by atoms with van der Waals surface area (Å²) >= 11 is 5.69. The molecular weight excluding hydrogens is 295 g/mol. The van der Waals surface area contributed by atoms with Crippen LogP contribution in [-0.4, -0.2) is 17.9 Å². The molecule has 1 aromatic rings. The summed E-state index contributed by atoms with van der Waals surface area (Å²) in [6.07, 6.45) is 3.97. The highest BCUT2D eigenvalue weighted by Gasteiger charge is 2.31. The first-order valence-corrected chi connectivity index (χ1v) is 7.38. The van der Waals surface area contributed by atoms with Crippen molar-refractivity contribution in [3.8, 4) is 0 Å². The third kappa shape index (κ3) is 4.17. The quantitative estimate of drug-likeness (QED) is 0.897. The van der Waals surface area contributed by atoms with E-state index in [0.29, 0.717) is 5.69 Å². The van der Waals surface area contributed by atoms with Crippen molar-refractivity contribution in [3.05, 3.63) is 29.0 Å². The van der Waals surface area contributed by atoms with E-state index >= 15 is 0 Å². The number of benzene rings is 1. The van der Waals surface area contributed by atoms with Crippen LogP contribution in [0, 0.1) is 11.7 Å². The fourth-order valence-corrected chi connectivity index (χ4v) is 2.88. The second kappa shape index (κ2) is 6.89. The van der Waals surface area contributed by atoms with Crippen LogP contribution >= 0.6 is 11.6 Å². The van der Waals surface area contributed by atoms with Crippen molar-refractivity contribution in [1.29, 1.82) is 0 Å². The molecular formula is C15H18ClFN2O2. The van der Waals surface area contributed by atoms with Gasteiger partial charge in [0, 0.05) is 12.6 Å². The Bertz CT molecular complexity index is 544. The van der Waals surface area contributed by atoms with Gasteiger partial charge in [0.15, 0.2) is 0 Å². The molecule has 0 aliphatic heterocycles. The second-order valence-corrected chi connectivity index (χ2v) is 5.75. The van der Waals surface area contributed by atoms with Gasteiger partial charge < -0.3 is 10.6 Å². The Balaban J connectivity index is 2.09. The molecule has 0 radical (unpaired) electrons. The zero-order valence-corrected chi connectivity index (χ0v) is 12.5. The summed E-state index contributed by atoms with van der Waals surface area (Å²) in [4.78, 5) is 23.7. The lowest BCUT2D eigenvalue weighted by Crippen LogP contribution is -2.47. The van der Waals surface area contributed by atoms with Gasteiger partial charge in [-0.2, -0.15) is 0 Å². The first-order valence-electron chi connectivity index (χ1n) is 7.00. The smallest absolute Gasteiger partial charge is 0.247 e. The maximum Gasteiger partial charge on any atom is 0.247 e. The highest BCUT2D eigenvalue weighted by atomic mass is 35.5. The van der Waals surface area contributed by atoms with Gasteiger partial charge in [0.25, 0.3) is 0 Å². The van der Waals surface area contributed by atoms with E-state index < -0.39 is 11.9 Å². The van der Waals surface area contributed by atoms with Crippen molar-refractivity contribution in [3.63, 3.8) is 0 Å². The maximum absolute atomic E-state index is 13.1. The Morgan fingerprint density at radius 1 is 1.33 bits per heavy atom. The number of rotatable bonds is 4. The van der Waals surface area contributed by atoms with Crippen LogP contribution < -0.4 is 10.6 Å². The molecule has 0 spiro atoms. The lowest BCUT2D eigenvalue weighted by atomic mass is 9.97. The molecule has 2 amide bonds. The number of anilines is 1. The Hall–Kier alpha value is -1.62. The number of amides is 2. The van der Waals surface area contributed by atoms with Crippen molar-refractivity contribution in [2.24, 2.45) is 5.92 Å². The summed E-state index contributed by atoms with van der Waals surface area (Å²) in [5.41, 5.74) is 0.416. The van der Waals surface area contributed by atoms with Crippen molar-refractivity contribution in [2.75, 3.05) is 5.32 Å². The largest absolute Gasteiger partial charge is 0.344 e. The van der Waals surface area contributed by atoms with Gasteiger partial charge in [0.05, 0.1) is 5.02 Å². The van der Waals surface area contributed by atoms with Gasteiger partial charge in [-0.15, -0.1) is 0 Å². The molecule has 114 valence electrons. The summed E-state index contributed by atoms with van der Waals surface area (Å²) in [6, 6.07) is 3.43. The zero-order chi connectivity index (χ0) is 15.4. The van der Waals surface area contributed by atoms with Crippen molar-refractivity contribution < 1.29 is 14.0 Å². The van der Waals surface area contributed by atoms with Crippen molar-refractivity contribution >= 4 is 29.1 Å². The fraction of sp³-hybridized carbons (Fsp3) is 0.467.